The molecular weight excluding hydrogens is 262 g/mol. The fraction of sp³-hybridized carbons (Fsp3) is 0.471. The third-order valence-electron chi connectivity index (χ3n) is 3.21. The molecule has 1 amide bonds. The number of nitrogens with zero attached hydrogens (tertiary/aromatic N) is 2. The van der Waals surface area contributed by atoms with E-state index < -0.39 is 0 Å². The predicted molar refractivity (Wildman–Crippen MR) is 87.1 cm³/mol. The van der Waals surface area contributed by atoms with Crippen LogP contribution in [0, 0.1) is 11.8 Å². The van der Waals surface area contributed by atoms with E-state index in [2.05, 4.69) is 23.7 Å². The molecule has 0 fully saturated rings. The van der Waals surface area contributed by atoms with Crippen molar-refractivity contribution in [3.8, 4) is 11.8 Å². The molecule has 114 valence electrons. The van der Waals surface area contributed by atoms with Gasteiger partial charge in [0.15, 0.2) is 0 Å². The van der Waals surface area contributed by atoms with Gasteiger partial charge in [-0.1, -0.05) is 17.9 Å². The summed E-state index contributed by atoms with van der Waals surface area (Å²) in [4.78, 5) is 16.6. The number of benzene rings is 1. The molecule has 0 aromatic heterocycles. The molecule has 0 saturated heterocycles. The van der Waals surface area contributed by atoms with Gasteiger partial charge >= 0.3 is 0 Å². The first-order chi connectivity index (χ1) is 9.99. The lowest BCUT2D eigenvalue weighted by atomic mass is 10.1. The number of amides is 1. The molecule has 1 rings (SSSR count). The highest BCUT2D eigenvalue weighted by atomic mass is 16.2. The van der Waals surface area contributed by atoms with Gasteiger partial charge in [-0.2, -0.15) is 0 Å². The van der Waals surface area contributed by atoms with Crippen molar-refractivity contribution in [3.63, 3.8) is 0 Å². The van der Waals surface area contributed by atoms with Crippen molar-refractivity contribution >= 4 is 5.91 Å². The summed E-state index contributed by atoms with van der Waals surface area (Å²) in [6.07, 6.45) is 0. The lowest BCUT2D eigenvalue weighted by Crippen LogP contribution is -2.43. The van der Waals surface area contributed by atoms with E-state index in [1.807, 2.05) is 50.2 Å². The summed E-state index contributed by atoms with van der Waals surface area (Å²) in [5.74, 6) is 5.82. The van der Waals surface area contributed by atoms with Crippen LogP contribution in [0.15, 0.2) is 24.3 Å². The van der Waals surface area contributed by atoms with Crippen LogP contribution >= 0.6 is 0 Å². The molecule has 21 heavy (non-hydrogen) atoms. The van der Waals surface area contributed by atoms with Crippen LogP contribution in [0.2, 0.25) is 0 Å². The van der Waals surface area contributed by atoms with E-state index in [0.29, 0.717) is 18.7 Å². The predicted octanol–water partition coefficient (Wildman–Crippen LogP) is 1.41. The number of rotatable bonds is 5. The third kappa shape index (κ3) is 5.22. The Morgan fingerprint density at radius 1 is 1.38 bits per heavy atom. The van der Waals surface area contributed by atoms with Gasteiger partial charge in [0.2, 0.25) is 0 Å². The van der Waals surface area contributed by atoms with Gasteiger partial charge in [0.05, 0.1) is 6.54 Å². The minimum absolute atomic E-state index is 0.0447. The van der Waals surface area contributed by atoms with E-state index in [9.17, 15) is 4.79 Å². The van der Waals surface area contributed by atoms with Crippen LogP contribution in [0.25, 0.3) is 0 Å². The van der Waals surface area contributed by atoms with Crippen molar-refractivity contribution in [1.82, 2.24) is 9.80 Å². The average Bonchev–Trinajstić information content (AvgIpc) is 2.45. The average molecular weight is 287 g/mol. The van der Waals surface area contributed by atoms with Crippen LogP contribution in [0.1, 0.15) is 29.8 Å². The minimum atomic E-state index is 0.0447. The molecule has 0 radical (unpaired) electrons. The fourth-order valence-electron chi connectivity index (χ4n) is 2.33. The Bertz CT molecular complexity index is 528. The molecule has 0 aliphatic heterocycles. The van der Waals surface area contributed by atoms with Crippen molar-refractivity contribution < 1.29 is 4.79 Å². The monoisotopic (exact) mass is 287 g/mol. The maximum Gasteiger partial charge on any atom is 0.254 e. The Morgan fingerprint density at radius 3 is 2.67 bits per heavy atom. The van der Waals surface area contributed by atoms with Crippen molar-refractivity contribution in [1.29, 1.82) is 0 Å². The van der Waals surface area contributed by atoms with E-state index in [4.69, 9.17) is 5.73 Å². The molecule has 0 aliphatic carbocycles. The van der Waals surface area contributed by atoms with Crippen LogP contribution in [-0.4, -0.2) is 55.5 Å². The highest BCUT2D eigenvalue weighted by Crippen LogP contribution is 2.11. The summed E-state index contributed by atoms with van der Waals surface area (Å²) in [6.45, 7) is 5.92. The van der Waals surface area contributed by atoms with Crippen molar-refractivity contribution in [3.05, 3.63) is 35.4 Å². The molecule has 4 heteroatoms. The third-order valence-corrected chi connectivity index (χ3v) is 3.21. The molecule has 0 saturated carbocycles. The van der Waals surface area contributed by atoms with Crippen LogP contribution in [0.3, 0.4) is 0 Å². The quantitative estimate of drug-likeness (QED) is 0.833. The number of carbonyl (C=O) groups excluding carboxylic acids is 1. The maximum absolute atomic E-state index is 12.7. The number of likely N-dealkylation sites (N-methyl/N-ethyl adjacent to an activating group) is 2. The molecule has 2 N–H and O–H groups in total. The molecular formula is C17H25N3O. The first-order valence-corrected chi connectivity index (χ1v) is 7.24. The van der Waals surface area contributed by atoms with E-state index in [-0.39, 0.29) is 11.9 Å². The molecule has 1 atom stereocenters. The van der Waals surface area contributed by atoms with Crippen LogP contribution < -0.4 is 5.73 Å². The molecule has 1 unspecified atom stereocenters. The topological polar surface area (TPSA) is 49.6 Å². The zero-order valence-electron chi connectivity index (χ0n) is 13.4. The van der Waals surface area contributed by atoms with E-state index >= 15 is 0 Å². The summed E-state index contributed by atoms with van der Waals surface area (Å²) < 4.78 is 0. The lowest BCUT2D eigenvalue weighted by Gasteiger charge is -2.30. The second-order valence-corrected chi connectivity index (χ2v) is 5.29. The SMILES string of the molecule is CCN(C(=O)c1cccc(C#CCN)c1)C(C)CN(C)C. The van der Waals surface area contributed by atoms with E-state index in [0.717, 1.165) is 12.1 Å². The van der Waals surface area contributed by atoms with Gasteiger partial charge in [0, 0.05) is 30.3 Å². The van der Waals surface area contributed by atoms with E-state index in [1.165, 1.54) is 0 Å². The summed E-state index contributed by atoms with van der Waals surface area (Å²) in [6, 6.07) is 7.57. The lowest BCUT2D eigenvalue weighted by molar-refractivity contribution is 0.0679. The Labute approximate surface area is 127 Å². The zero-order chi connectivity index (χ0) is 15.8. The highest BCUT2D eigenvalue weighted by molar-refractivity contribution is 5.94. The Morgan fingerprint density at radius 2 is 2.10 bits per heavy atom. The summed E-state index contributed by atoms with van der Waals surface area (Å²) in [7, 11) is 4.02. The Balaban J connectivity index is 2.94. The fourth-order valence-corrected chi connectivity index (χ4v) is 2.33. The van der Waals surface area contributed by atoms with Gasteiger partial charge in [0.25, 0.3) is 5.91 Å². The molecule has 1 aromatic carbocycles. The van der Waals surface area contributed by atoms with Crippen LogP contribution in [0.4, 0.5) is 0 Å². The van der Waals surface area contributed by atoms with Crippen LogP contribution in [0.5, 0.6) is 0 Å². The molecule has 0 spiro atoms. The molecule has 1 aromatic rings. The van der Waals surface area contributed by atoms with Crippen LogP contribution in [-0.2, 0) is 0 Å². The van der Waals surface area contributed by atoms with Crippen molar-refractivity contribution in [2.24, 2.45) is 5.73 Å². The largest absolute Gasteiger partial charge is 0.335 e. The van der Waals surface area contributed by atoms with Gasteiger partial charge in [0.1, 0.15) is 0 Å². The minimum Gasteiger partial charge on any atom is -0.335 e. The molecule has 0 heterocycles. The zero-order valence-corrected chi connectivity index (χ0v) is 13.4. The second kappa shape index (κ2) is 8.46. The normalized spacial score (nSPS) is 11.7. The first kappa shape index (κ1) is 17.2. The summed E-state index contributed by atoms with van der Waals surface area (Å²) in [5, 5.41) is 0. The summed E-state index contributed by atoms with van der Waals surface area (Å²) in [5.41, 5.74) is 6.87. The van der Waals surface area contributed by atoms with Gasteiger partial charge in [-0.25, -0.2) is 0 Å². The second-order valence-electron chi connectivity index (χ2n) is 5.29. The standard InChI is InChI=1S/C17H25N3O/c1-5-20(14(2)13-19(3)4)17(21)16-10-6-8-15(12-16)9-7-11-18/h6,8,10,12,14H,5,11,13,18H2,1-4H3. The van der Waals surface area contributed by atoms with Gasteiger partial charge in [-0.3, -0.25) is 4.79 Å². The summed E-state index contributed by atoms with van der Waals surface area (Å²) >= 11 is 0. The van der Waals surface area contributed by atoms with Gasteiger partial charge in [-0.15, -0.1) is 0 Å². The Kier molecular flexibility index (Phi) is 6.93. The van der Waals surface area contributed by atoms with Crippen molar-refractivity contribution in [2.75, 3.05) is 33.7 Å². The smallest absolute Gasteiger partial charge is 0.254 e. The Hall–Kier alpha value is -1.83. The number of nitrogens with two attached hydrogens (primary N) is 1. The number of hydrogen-bond donors (Lipinski definition) is 1. The van der Waals surface area contributed by atoms with Gasteiger partial charge in [-0.05, 0) is 46.1 Å². The first-order valence-electron chi connectivity index (χ1n) is 7.24. The highest BCUT2D eigenvalue weighted by Gasteiger charge is 2.20. The molecule has 0 bridgehead atoms. The molecule has 4 nitrogen and oxygen atoms in total. The van der Waals surface area contributed by atoms with Crippen molar-refractivity contribution in [2.45, 2.75) is 19.9 Å². The van der Waals surface area contributed by atoms with E-state index in [1.54, 1.807) is 0 Å². The number of carbonyl (C=O) groups is 1. The number of hydrogen-bond acceptors (Lipinski definition) is 3. The van der Waals surface area contributed by atoms with Gasteiger partial charge < -0.3 is 15.5 Å². The maximum atomic E-state index is 12.7. The molecule has 0 aliphatic rings.